The van der Waals surface area contributed by atoms with Crippen LogP contribution in [0.2, 0.25) is 0 Å². The van der Waals surface area contributed by atoms with Crippen LogP contribution in [0.5, 0.6) is 11.5 Å². The van der Waals surface area contributed by atoms with Gasteiger partial charge < -0.3 is 20.1 Å². The van der Waals surface area contributed by atoms with Gasteiger partial charge in [-0.15, -0.1) is 0 Å². The van der Waals surface area contributed by atoms with Crippen LogP contribution in [0.3, 0.4) is 0 Å². The van der Waals surface area contributed by atoms with Crippen LogP contribution >= 0.6 is 0 Å². The third kappa shape index (κ3) is 4.01. The van der Waals surface area contributed by atoms with Crippen molar-refractivity contribution in [2.24, 2.45) is 11.8 Å². The fraction of sp³-hybridized carbons (Fsp3) is 0.632. The monoisotopic (exact) mass is 332 g/mol. The van der Waals surface area contributed by atoms with Crippen molar-refractivity contribution in [3.05, 3.63) is 23.8 Å². The molecule has 0 spiro atoms. The van der Waals surface area contributed by atoms with E-state index in [0.717, 1.165) is 43.0 Å². The predicted molar refractivity (Wildman–Crippen MR) is 93.2 cm³/mol. The lowest BCUT2D eigenvalue weighted by atomic mass is 9.88. The average molecular weight is 332 g/mol. The number of nitrogens with one attached hydrogen (secondary N) is 2. The minimum absolute atomic E-state index is 0.0538. The first-order valence-corrected chi connectivity index (χ1v) is 8.99. The Hall–Kier alpha value is -1.75. The van der Waals surface area contributed by atoms with E-state index in [2.05, 4.69) is 10.6 Å². The first-order valence-electron chi connectivity index (χ1n) is 8.99. The summed E-state index contributed by atoms with van der Waals surface area (Å²) in [4.78, 5) is 12.2. The van der Waals surface area contributed by atoms with E-state index in [1.54, 1.807) is 7.11 Å². The van der Waals surface area contributed by atoms with Gasteiger partial charge in [0.15, 0.2) is 11.5 Å². The van der Waals surface area contributed by atoms with Crippen LogP contribution in [0.15, 0.2) is 18.2 Å². The molecule has 5 nitrogen and oxygen atoms in total. The molecule has 5 heteroatoms. The molecule has 132 valence electrons. The minimum atomic E-state index is 0.0538. The van der Waals surface area contributed by atoms with Gasteiger partial charge >= 0.3 is 0 Å². The van der Waals surface area contributed by atoms with Crippen LogP contribution < -0.4 is 20.1 Å². The highest BCUT2D eigenvalue weighted by Gasteiger charge is 2.28. The van der Waals surface area contributed by atoms with Crippen molar-refractivity contribution < 1.29 is 14.3 Å². The molecule has 1 aliphatic carbocycles. The summed E-state index contributed by atoms with van der Waals surface area (Å²) in [7, 11) is 1.66. The smallest absolute Gasteiger partial charge is 0.223 e. The van der Waals surface area contributed by atoms with E-state index in [1.165, 1.54) is 12.8 Å². The molecule has 1 aromatic carbocycles. The van der Waals surface area contributed by atoms with Gasteiger partial charge in [-0.3, -0.25) is 4.79 Å². The summed E-state index contributed by atoms with van der Waals surface area (Å²) >= 11 is 0. The number of amides is 1. The van der Waals surface area contributed by atoms with Gasteiger partial charge in [0, 0.05) is 12.5 Å². The maximum Gasteiger partial charge on any atom is 0.223 e. The molecule has 1 saturated heterocycles. The number of methoxy groups -OCH3 is 1. The molecule has 1 atom stereocenters. The molecule has 2 fully saturated rings. The lowest BCUT2D eigenvalue weighted by molar-refractivity contribution is -0.126. The highest BCUT2D eigenvalue weighted by Crippen LogP contribution is 2.32. The first kappa shape index (κ1) is 17.1. The normalized spacial score (nSPS) is 19.6. The Bertz CT molecular complexity index is 566. The number of hydrogen-bond donors (Lipinski definition) is 2. The molecule has 24 heavy (non-hydrogen) atoms. The van der Waals surface area contributed by atoms with Crippen LogP contribution in [-0.2, 0) is 11.3 Å². The summed E-state index contributed by atoms with van der Waals surface area (Å²) in [5.41, 5.74) is 1.03. The number of benzene rings is 1. The average Bonchev–Trinajstić information content (AvgIpc) is 3.04. The summed E-state index contributed by atoms with van der Waals surface area (Å²) in [5.74, 6) is 2.17. The van der Waals surface area contributed by atoms with Crippen molar-refractivity contribution in [1.82, 2.24) is 10.6 Å². The van der Waals surface area contributed by atoms with Crippen molar-refractivity contribution in [3.8, 4) is 11.5 Å². The van der Waals surface area contributed by atoms with Crippen LogP contribution in [-0.4, -0.2) is 32.2 Å². The second-order valence-electron chi connectivity index (χ2n) is 6.93. The molecule has 1 aliphatic heterocycles. The van der Waals surface area contributed by atoms with Crippen LogP contribution in [0.1, 0.15) is 38.2 Å². The zero-order valence-corrected chi connectivity index (χ0v) is 14.6. The van der Waals surface area contributed by atoms with Crippen molar-refractivity contribution in [1.29, 1.82) is 0 Å². The van der Waals surface area contributed by atoms with Crippen LogP contribution in [0.25, 0.3) is 0 Å². The fourth-order valence-electron chi connectivity index (χ4n) is 3.33. The molecule has 1 heterocycles. The Labute approximate surface area is 144 Å². The largest absolute Gasteiger partial charge is 0.493 e. The molecule has 0 radical (unpaired) electrons. The number of rotatable bonds is 7. The van der Waals surface area contributed by atoms with Gasteiger partial charge in [0.25, 0.3) is 0 Å². The topological polar surface area (TPSA) is 59.6 Å². The number of ether oxygens (including phenoxy) is 2. The van der Waals surface area contributed by atoms with E-state index in [9.17, 15) is 4.79 Å². The first-order chi connectivity index (χ1) is 11.7. The maximum absolute atomic E-state index is 12.2. The zero-order chi connectivity index (χ0) is 16.9. The van der Waals surface area contributed by atoms with E-state index in [1.807, 2.05) is 25.1 Å². The summed E-state index contributed by atoms with van der Waals surface area (Å²) in [5, 5.41) is 6.24. The molecule has 3 rings (SSSR count). The van der Waals surface area contributed by atoms with Gasteiger partial charge in [-0.05, 0) is 62.4 Å². The highest BCUT2D eigenvalue weighted by molar-refractivity contribution is 5.78. The zero-order valence-electron chi connectivity index (χ0n) is 14.6. The van der Waals surface area contributed by atoms with Gasteiger partial charge in [-0.1, -0.05) is 13.0 Å². The second-order valence-corrected chi connectivity index (χ2v) is 6.93. The van der Waals surface area contributed by atoms with Gasteiger partial charge in [-0.25, -0.2) is 0 Å². The van der Waals surface area contributed by atoms with E-state index >= 15 is 0 Å². The van der Waals surface area contributed by atoms with Crippen LogP contribution in [0.4, 0.5) is 0 Å². The Kier molecular flexibility index (Phi) is 5.61. The number of carbonyl (C=O) groups is 1. The molecule has 0 aromatic heterocycles. The highest BCUT2D eigenvalue weighted by atomic mass is 16.5. The van der Waals surface area contributed by atoms with E-state index in [4.69, 9.17) is 9.47 Å². The molecule has 1 aromatic rings. The molecule has 1 unspecified atom stereocenters. The Morgan fingerprint density at radius 2 is 2.04 bits per heavy atom. The molecule has 2 aliphatic rings. The second kappa shape index (κ2) is 7.88. The lowest BCUT2D eigenvalue weighted by Crippen LogP contribution is -2.49. The Balaban J connectivity index is 1.56. The third-order valence-corrected chi connectivity index (χ3v) is 5.22. The quantitative estimate of drug-likeness (QED) is 0.805. The predicted octanol–water partition coefficient (Wildman–Crippen LogP) is 2.49. The van der Waals surface area contributed by atoms with Crippen molar-refractivity contribution in [2.45, 2.75) is 45.3 Å². The van der Waals surface area contributed by atoms with Gasteiger partial charge in [0.1, 0.15) is 0 Å². The van der Waals surface area contributed by atoms with E-state index < -0.39 is 0 Å². The van der Waals surface area contributed by atoms with Gasteiger partial charge in [0.2, 0.25) is 5.91 Å². The van der Waals surface area contributed by atoms with Crippen molar-refractivity contribution in [2.75, 3.05) is 20.2 Å². The van der Waals surface area contributed by atoms with Gasteiger partial charge in [0.05, 0.1) is 13.2 Å². The van der Waals surface area contributed by atoms with Crippen molar-refractivity contribution >= 4 is 5.91 Å². The number of hydrogen-bond acceptors (Lipinski definition) is 4. The Morgan fingerprint density at radius 1 is 1.29 bits per heavy atom. The summed E-state index contributed by atoms with van der Waals surface area (Å²) in [6.45, 7) is 4.40. The molecule has 1 saturated carbocycles. The molecular formula is C19H28N2O3. The number of carbonyl (C=O) groups excluding carboxylic acids is 1. The fourth-order valence-corrected chi connectivity index (χ4v) is 3.33. The standard InChI is InChI=1S/C19H28N2O3/c1-13(15-11-20-12-15)19(22)21-10-14-7-8-17(18(9-14)23-2)24-16-5-3-4-6-16/h7-9,13,15-16,20H,3-6,10-12H2,1-2H3,(H,21,22). The maximum atomic E-state index is 12.2. The van der Waals surface area contributed by atoms with Crippen LogP contribution in [0, 0.1) is 11.8 Å². The molecule has 1 amide bonds. The van der Waals surface area contributed by atoms with E-state index in [-0.39, 0.29) is 11.8 Å². The molecule has 0 bridgehead atoms. The third-order valence-electron chi connectivity index (χ3n) is 5.22. The molecule has 2 N–H and O–H groups in total. The van der Waals surface area contributed by atoms with Crippen molar-refractivity contribution in [3.63, 3.8) is 0 Å². The lowest BCUT2D eigenvalue weighted by Gasteiger charge is -2.31. The summed E-state index contributed by atoms with van der Waals surface area (Å²) in [6.07, 6.45) is 5.03. The van der Waals surface area contributed by atoms with E-state index in [0.29, 0.717) is 18.6 Å². The minimum Gasteiger partial charge on any atom is -0.493 e. The van der Waals surface area contributed by atoms with Gasteiger partial charge in [-0.2, -0.15) is 0 Å². The summed E-state index contributed by atoms with van der Waals surface area (Å²) in [6, 6.07) is 5.92. The SMILES string of the molecule is COc1cc(CNC(=O)C(C)C2CNC2)ccc1OC1CCCC1. The molecular weight excluding hydrogens is 304 g/mol. The Morgan fingerprint density at radius 3 is 2.67 bits per heavy atom. The summed E-state index contributed by atoms with van der Waals surface area (Å²) < 4.78 is 11.5.